The van der Waals surface area contributed by atoms with E-state index in [1.807, 2.05) is 24.5 Å². The highest BCUT2D eigenvalue weighted by molar-refractivity contribution is 7.99. The van der Waals surface area contributed by atoms with Crippen LogP contribution in [-0.2, 0) is 11.3 Å². The maximum Gasteiger partial charge on any atom is 0.335 e. The van der Waals surface area contributed by atoms with E-state index < -0.39 is 12.0 Å². The SMILES string of the molecule is C=CCn1c(SCC(=O)Nc2cccc(C(=O)O)c2)nnc1C(NC(=O)c1ccccc1)C(C)C. The minimum absolute atomic E-state index is 0.0260. The number of hydrogen-bond donors (Lipinski definition) is 3. The van der Waals surface area contributed by atoms with Crippen molar-refractivity contribution in [2.24, 2.45) is 5.92 Å². The van der Waals surface area contributed by atoms with Gasteiger partial charge in [-0.15, -0.1) is 16.8 Å². The average molecular weight is 494 g/mol. The summed E-state index contributed by atoms with van der Waals surface area (Å²) in [5, 5.41) is 23.9. The number of benzene rings is 2. The van der Waals surface area contributed by atoms with Crippen LogP contribution >= 0.6 is 11.8 Å². The summed E-state index contributed by atoms with van der Waals surface area (Å²) in [5.74, 6) is -0.964. The van der Waals surface area contributed by atoms with Crippen LogP contribution in [0.25, 0.3) is 0 Å². The van der Waals surface area contributed by atoms with Crippen LogP contribution in [-0.4, -0.2) is 43.4 Å². The number of carbonyl (C=O) groups excluding carboxylic acids is 2. The summed E-state index contributed by atoms with van der Waals surface area (Å²) in [5.41, 5.74) is 1.03. The molecular weight excluding hydrogens is 466 g/mol. The summed E-state index contributed by atoms with van der Waals surface area (Å²) in [4.78, 5) is 36.4. The van der Waals surface area contributed by atoms with Gasteiger partial charge in [-0.25, -0.2) is 4.79 Å². The van der Waals surface area contributed by atoms with Crippen LogP contribution in [0.5, 0.6) is 0 Å². The van der Waals surface area contributed by atoms with Crippen LogP contribution in [0.2, 0.25) is 0 Å². The molecule has 9 nitrogen and oxygen atoms in total. The van der Waals surface area contributed by atoms with Crippen LogP contribution in [0.4, 0.5) is 5.69 Å². The molecule has 3 rings (SSSR count). The molecule has 1 unspecified atom stereocenters. The molecule has 0 radical (unpaired) electrons. The summed E-state index contributed by atoms with van der Waals surface area (Å²) in [6, 6.07) is 14.6. The number of aromatic nitrogens is 3. The molecule has 0 fully saturated rings. The molecule has 2 amide bonds. The van der Waals surface area contributed by atoms with Gasteiger partial charge in [0.2, 0.25) is 5.91 Å². The molecule has 35 heavy (non-hydrogen) atoms. The minimum atomic E-state index is -1.07. The first-order valence-electron chi connectivity index (χ1n) is 11.0. The second kappa shape index (κ2) is 12.0. The summed E-state index contributed by atoms with van der Waals surface area (Å²) < 4.78 is 1.83. The summed E-state index contributed by atoms with van der Waals surface area (Å²) in [7, 11) is 0. The fourth-order valence-electron chi connectivity index (χ4n) is 3.34. The van der Waals surface area contributed by atoms with Crippen molar-refractivity contribution in [1.82, 2.24) is 20.1 Å². The topological polar surface area (TPSA) is 126 Å². The molecule has 0 bridgehead atoms. The van der Waals surface area contributed by atoms with Gasteiger partial charge < -0.3 is 20.3 Å². The predicted molar refractivity (Wildman–Crippen MR) is 134 cm³/mol. The third kappa shape index (κ3) is 6.80. The molecule has 0 aliphatic carbocycles. The van der Waals surface area contributed by atoms with Crippen LogP contribution in [0, 0.1) is 5.92 Å². The number of nitrogens with zero attached hydrogens (tertiary/aromatic N) is 3. The Morgan fingerprint density at radius 3 is 2.46 bits per heavy atom. The maximum atomic E-state index is 12.8. The molecule has 0 aliphatic heterocycles. The van der Waals surface area contributed by atoms with Gasteiger partial charge in [-0.05, 0) is 36.2 Å². The zero-order chi connectivity index (χ0) is 25.4. The first-order valence-corrected chi connectivity index (χ1v) is 11.9. The van der Waals surface area contributed by atoms with E-state index in [9.17, 15) is 14.4 Å². The van der Waals surface area contributed by atoms with Gasteiger partial charge in [0.1, 0.15) is 0 Å². The van der Waals surface area contributed by atoms with E-state index in [-0.39, 0.29) is 29.0 Å². The summed E-state index contributed by atoms with van der Waals surface area (Å²) >= 11 is 1.19. The lowest BCUT2D eigenvalue weighted by Crippen LogP contribution is -2.33. The Morgan fingerprint density at radius 2 is 1.80 bits per heavy atom. The molecule has 0 saturated carbocycles. The Morgan fingerprint density at radius 1 is 1.09 bits per heavy atom. The van der Waals surface area contributed by atoms with Crippen molar-refractivity contribution in [3.8, 4) is 0 Å². The van der Waals surface area contributed by atoms with Gasteiger partial charge in [-0.2, -0.15) is 0 Å². The van der Waals surface area contributed by atoms with Crippen molar-refractivity contribution in [2.45, 2.75) is 31.6 Å². The maximum absolute atomic E-state index is 12.8. The lowest BCUT2D eigenvalue weighted by Gasteiger charge is -2.22. The van der Waals surface area contributed by atoms with Crippen molar-refractivity contribution in [3.05, 3.63) is 84.2 Å². The van der Waals surface area contributed by atoms with E-state index in [0.717, 1.165) is 0 Å². The number of anilines is 1. The third-order valence-corrected chi connectivity index (χ3v) is 6.02. The molecule has 0 spiro atoms. The Kier molecular flexibility index (Phi) is 8.80. The number of carbonyl (C=O) groups is 3. The fraction of sp³-hybridized carbons (Fsp3) is 0.240. The Hall–Kier alpha value is -3.92. The van der Waals surface area contributed by atoms with Gasteiger partial charge >= 0.3 is 5.97 Å². The second-order valence-corrected chi connectivity index (χ2v) is 8.97. The minimum Gasteiger partial charge on any atom is -0.478 e. The number of amides is 2. The quantitative estimate of drug-likeness (QED) is 0.272. The average Bonchev–Trinajstić information content (AvgIpc) is 3.23. The monoisotopic (exact) mass is 493 g/mol. The smallest absolute Gasteiger partial charge is 0.335 e. The van der Waals surface area contributed by atoms with Crippen molar-refractivity contribution in [2.75, 3.05) is 11.1 Å². The number of aromatic carboxylic acids is 1. The Labute approximate surface area is 207 Å². The molecule has 3 aromatic rings. The van der Waals surface area contributed by atoms with Crippen LogP contribution in [0.15, 0.2) is 72.4 Å². The fourth-order valence-corrected chi connectivity index (χ4v) is 4.09. The van der Waals surface area contributed by atoms with E-state index in [2.05, 4.69) is 27.4 Å². The number of allylic oxidation sites excluding steroid dienone is 1. The Bertz CT molecular complexity index is 1210. The first kappa shape index (κ1) is 25.7. The highest BCUT2D eigenvalue weighted by Gasteiger charge is 2.26. The van der Waals surface area contributed by atoms with Crippen molar-refractivity contribution >= 4 is 35.2 Å². The van der Waals surface area contributed by atoms with E-state index in [0.29, 0.717) is 28.8 Å². The van der Waals surface area contributed by atoms with Gasteiger partial charge in [0, 0.05) is 17.8 Å². The third-order valence-electron chi connectivity index (χ3n) is 5.05. The van der Waals surface area contributed by atoms with Crippen LogP contribution in [0.1, 0.15) is 46.4 Å². The molecule has 3 N–H and O–H groups in total. The van der Waals surface area contributed by atoms with Gasteiger partial charge in [-0.1, -0.05) is 56.0 Å². The van der Waals surface area contributed by atoms with Gasteiger partial charge in [0.25, 0.3) is 5.91 Å². The van der Waals surface area contributed by atoms with Crippen molar-refractivity contribution < 1.29 is 19.5 Å². The highest BCUT2D eigenvalue weighted by Crippen LogP contribution is 2.26. The van der Waals surface area contributed by atoms with Gasteiger partial charge in [-0.3, -0.25) is 9.59 Å². The van der Waals surface area contributed by atoms with Crippen molar-refractivity contribution in [1.29, 1.82) is 0 Å². The zero-order valence-electron chi connectivity index (χ0n) is 19.5. The van der Waals surface area contributed by atoms with Gasteiger partial charge in [0.15, 0.2) is 11.0 Å². The number of rotatable bonds is 11. The molecule has 2 aromatic carbocycles. The molecule has 1 atom stereocenters. The van der Waals surface area contributed by atoms with Crippen LogP contribution < -0.4 is 10.6 Å². The summed E-state index contributed by atoms with van der Waals surface area (Å²) in [6.45, 7) is 8.17. The van der Waals surface area contributed by atoms with E-state index in [4.69, 9.17) is 5.11 Å². The standard InChI is InChI=1S/C25H27N5O4S/c1-4-13-30-22(21(16(2)3)27-23(32)17-9-6-5-7-10-17)28-29-25(30)35-15-20(31)26-19-12-8-11-18(14-19)24(33)34/h4-12,14,16,21H,1,13,15H2,2-3H3,(H,26,31)(H,27,32)(H,33,34). The first-order chi connectivity index (χ1) is 16.8. The highest BCUT2D eigenvalue weighted by atomic mass is 32.2. The number of nitrogens with one attached hydrogen (secondary N) is 2. The van der Waals surface area contributed by atoms with E-state index in [1.165, 1.54) is 23.9 Å². The number of thioether (sulfide) groups is 1. The number of hydrogen-bond acceptors (Lipinski definition) is 6. The zero-order valence-corrected chi connectivity index (χ0v) is 20.3. The molecule has 10 heteroatoms. The molecule has 0 aliphatic rings. The molecular formula is C25H27N5O4S. The normalized spacial score (nSPS) is 11.6. The second-order valence-electron chi connectivity index (χ2n) is 8.02. The molecule has 0 saturated heterocycles. The molecule has 1 aromatic heterocycles. The van der Waals surface area contributed by atoms with E-state index in [1.54, 1.807) is 42.5 Å². The molecule has 182 valence electrons. The molecule has 1 heterocycles. The number of carboxylic acid groups (broad SMARTS) is 1. The van der Waals surface area contributed by atoms with Gasteiger partial charge in [0.05, 0.1) is 17.4 Å². The number of carboxylic acids is 1. The van der Waals surface area contributed by atoms with Crippen LogP contribution in [0.3, 0.4) is 0 Å². The predicted octanol–water partition coefficient (Wildman–Crippen LogP) is 4.02. The van der Waals surface area contributed by atoms with Crippen molar-refractivity contribution in [3.63, 3.8) is 0 Å². The largest absolute Gasteiger partial charge is 0.478 e. The lowest BCUT2D eigenvalue weighted by molar-refractivity contribution is -0.113. The lowest BCUT2D eigenvalue weighted by atomic mass is 10.0. The summed E-state index contributed by atoms with van der Waals surface area (Å²) in [6.07, 6.45) is 1.70. The van der Waals surface area contributed by atoms with E-state index >= 15 is 0 Å². The Balaban J connectivity index is 1.73.